The van der Waals surface area contributed by atoms with Gasteiger partial charge in [0.1, 0.15) is 20.4 Å². The number of phenols is 1. The van der Waals surface area contributed by atoms with Gasteiger partial charge < -0.3 is 5.11 Å². The lowest BCUT2D eigenvalue weighted by molar-refractivity contribution is -0.300. The molecule has 0 aliphatic carbocycles. The van der Waals surface area contributed by atoms with E-state index in [0.717, 1.165) is 0 Å². The van der Waals surface area contributed by atoms with Crippen LogP contribution in [0.2, 0.25) is 0 Å². The highest BCUT2D eigenvalue weighted by molar-refractivity contribution is 7.88. The van der Waals surface area contributed by atoms with E-state index in [4.69, 9.17) is 0 Å². The van der Waals surface area contributed by atoms with E-state index < -0.39 is 145 Å². The molecule has 0 saturated carbocycles. The van der Waals surface area contributed by atoms with Gasteiger partial charge in [-0.05, 0) is 12.1 Å². The first-order valence-electron chi connectivity index (χ1n) is 13.4. The zero-order chi connectivity index (χ0) is 43.4. The van der Waals surface area contributed by atoms with Crippen molar-refractivity contribution in [1.29, 1.82) is 0 Å². The van der Waals surface area contributed by atoms with Crippen molar-refractivity contribution in [3.63, 3.8) is 0 Å². The summed E-state index contributed by atoms with van der Waals surface area (Å²) in [6, 6.07) is 0.144. The summed E-state index contributed by atoms with van der Waals surface area (Å²) in [4.78, 5) is -6.54. The number of rotatable bonds is 9. The normalized spacial score (nSPS) is 15.1. The third-order valence-electron chi connectivity index (χ3n) is 7.02. The first-order valence-corrected chi connectivity index (χ1v) is 17.6. The maximum atomic E-state index is 13.3. The minimum Gasteiger partial charge on any atom is -0.507 e. The molecule has 0 fully saturated rings. The van der Waals surface area contributed by atoms with Gasteiger partial charge in [0.15, 0.2) is 0 Å². The fourth-order valence-electron chi connectivity index (χ4n) is 4.92. The van der Waals surface area contributed by atoms with E-state index >= 15 is 0 Å². The van der Waals surface area contributed by atoms with E-state index in [1.165, 1.54) is 0 Å². The van der Waals surface area contributed by atoms with Crippen molar-refractivity contribution in [2.24, 2.45) is 0 Å². The first kappa shape index (κ1) is 44.9. The SMILES string of the molecule is O=S(=O)(OC(C(F)(F)F)C(F)(F)F)c1cc(O)c2ccc3c(S(=O)(=O)OC(C(F)(F)F)C(F)(F)F)cc(S(=O)(=O)OC(C(F)(F)F)C(F)(F)F)c4ccc1c2c34. The van der Waals surface area contributed by atoms with Gasteiger partial charge in [-0.2, -0.15) is 104 Å². The topological polar surface area (TPSA) is 150 Å². The van der Waals surface area contributed by atoms with Crippen LogP contribution in [-0.4, -0.2) is 85.7 Å². The third-order valence-corrected chi connectivity index (χ3v) is 11.0. The van der Waals surface area contributed by atoms with Crippen molar-refractivity contribution in [3.05, 3.63) is 36.4 Å². The van der Waals surface area contributed by atoms with E-state index in [2.05, 4.69) is 12.5 Å². The van der Waals surface area contributed by atoms with Crippen molar-refractivity contribution >= 4 is 62.7 Å². The van der Waals surface area contributed by atoms with Crippen LogP contribution in [0.3, 0.4) is 0 Å². The zero-order valence-electron chi connectivity index (χ0n) is 25.3. The summed E-state index contributed by atoms with van der Waals surface area (Å²) in [5.74, 6) is -1.57. The van der Waals surface area contributed by atoms with E-state index in [1.807, 2.05) is 0 Å². The molecule has 314 valence electrons. The Labute approximate surface area is 296 Å². The van der Waals surface area contributed by atoms with Gasteiger partial charge in [-0.3, -0.25) is 0 Å². The summed E-state index contributed by atoms with van der Waals surface area (Å²) >= 11 is 0. The molecule has 4 aromatic rings. The Bertz CT molecular complexity index is 2370. The van der Waals surface area contributed by atoms with Crippen molar-refractivity contribution in [2.75, 3.05) is 0 Å². The summed E-state index contributed by atoms with van der Waals surface area (Å²) in [6.07, 6.45) is -55.7. The predicted molar refractivity (Wildman–Crippen MR) is 144 cm³/mol. The molecule has 0 spiro atoms. The maximum Gasteiger partial charge on any atom is 0.425 e. The summed E-state index contributed by atoms with van der Waals surface area (Å²) < 4.78 is 327. The molecule has 4 rings (SSSR count). The molecule has 0 bridgehead atoms. The maximum absolute atomic E-state index is 13.3. The summed E-state index contributed by atoms with van der Waals surface area (Å²) in [5.41, 5.74) is 0. The van der Waals surface area contributed by atoms with Crippen LogP contribution in [0.25, 0.3) is 32.3 Å². The molecule has 0 amide bonds. The molecule has 0 aliphatic heterocycles. The number of hydrogen-bond acceptors (Lipinski definition) is 10. The summed E-state index contributed by atoms with van der Waals surface area (Å²) in [6.45, 7) is 0. The molecule has 0 aromatic heterocycles. The monoisotopic (exact) mass is 908 g/mol. The van der Waals surface area contributed by atoms with Gasteiger partial charge in [-0.25, -0.2) is 12.5 Å². The fourth-order valence-corrected chi connectivity index (χ4v) is 8.82. The van der Waals surface area contributed by atoms with Crippen LogP contribution in [0.4, 0.5) is 79.0 Å². The zero-order valence-corrected chi connectivity index (χ0v) is 27.8. The molecule has 10 nitrogen and oxygen atoms in total. The summed E-state index contributed by atoms with van der Waals surface area (Å²) in [5, 5.41) is 2.54. The predicted octanol–water partition coefficient (Wildman–Crippen LogP) is 7.89. The third kappa shape index (κ3) is 8.55. The van der Waals surface area contributed by atoms with E-state index in [0.29, 0.717) is 6.07 Å². The quantitative estimate of drug-likeness (QED) is 0.0999. The van der Waals surface area contributed by atoms with Gasteiger partial charge in [-0.1, -0.05) is 18.2 Å². The number of hydrogen-bond donors (Lipinski definition) is 1. The minimum atomic E-state index is -6.88. The minimum absolute atomic E-state index is 0.0864. The van der Waals surface area contributed by atoms with Crippen LogP contribution in [0.5, 0.6) is 5.75 Å². The fraction of sp³-hybridized carbons (Fsp3) is 0.360. The Hall–Kier alpha value is -3.81. The molecular formula is C25H10F18O10S3. The molecule has 0 heterocycles. The molecule has 56 heavy (non-hydrogen) atoms. The highest BCUT2D eigenvalue weighted by atomic mass is 32.2. The Balaban J connectivity index is 2.22. The van der Waals surface area contributed by atoms with Gasteiger partial charge in [-0.15, -0.1) is 0 Å². The second kappa shape index (κ2) is 13.4. The molecular weight excluding hydrogens is 898 g/mol. The average Bonchev–Trinajstić information content (AvgIpc) is 2.97. The largest absolute Gasteiger partial charge is 0.507 e. The molecule has 0 unspecified atom stereocenters. The highest BCUT2D eigenvalue weighted by Crippen LogP contribution is 2.48. The van der Waals surface area contributed by atoms with Crippen LogP contribution in [0.15, 0.2) is 51.1 Å². The first-order chi connectivity index (χ1) is 24.7. The summed E-state index contributed by atoms with van der Waals surface area (Å²) in [7, 11) is -20.3. The molecule has 1 N–H and O–H groups in total. The van der Waals surface area contributed by atoms with Gasteiger partial charge in [0.2, 0.25) is 0 Å². The molecule has 0 aliphatic rings. The van der Waals surface area contributed by atoms with E-state index in [-0.39, 0.29) is 24.3 Å². The smallest absolute Gasteiger partial charge is 0.425 e. The van der Waals surface area contributed by atoms with Gasteiger partial charge >= 0.3 is 37.1 Å². The number of benzene rings is 4. The lowest BCUT2D eigenvalue weighted by atomic mass is 9.94. The van der Waals surface area contributed by atoms with Crippen LogP contribution in [0, 0.1) is 0 Å². The second-order valence-corrected chi connectivity index (χ2v) is 15.5. The highest BCUT2D eigenvalue weighted by Gasteiger charge is 2.62. The Kier molecular flexibility index (Phi) is 10.7. The van der Waals surface area contributed by atoms with Crippen LogP contribution < -0.4 is 0 Å². The van der Waals surface area contributed by atoms with Gasteiger partial charge in [0, 0.05) is 38.4 Å². The van der Waals surface area contributed by atoms with Crippen molar-refractivity contribution < 1.29 is 122 Å². The number of halogens is 18. The number of aromatic hydroxyl groups is 1. The molecule has 0 radical (unpaired) electrons. The van der Waals surface area contributed by atoms with Crippen LogP contribution >= 0.6 is 0 Å². The molecule has 0 saturated heterocycles. The molecule has 31 heteroatoms. The van der Waals surface area contributed by atoms with E-state index in [1.54, 1.807) is 0 Å². The van der Waals surface area contributed by atoms with Gasteiger partial charge in [0.25, 0.3) is 48.7 Å². The molecule has 4 aromatic carbocycles. The van der Waals surface area contributed by atoms with E-state index in [9.17, 15) is 109 Å². The number of phenolic OH excluding ortho intramolecular Hbond substituents is 1. The Morgan fingerprint density at radius 1 is 0.393 bits per heavy atom. The van der Waals surface area contributed by atoms with Crippen molar-refractivity contribution in [3.8, 4) is 5.75 Å². The van der Waals surface area contributed by atoms with Gasteiger partial charge in [0.05, 0.1) is 0 Å². The van der Waals surface area contributed by atoms with Crippen molar-refractivity contribution in [1.82, 2.24) is 0 Å². The number of alkyl halides is 18. The lowest BCUT2D eigenvalue weighted by Crippen LogP contribution is -2.45. The van der Waals surface area contributed by atoms with Crippen molar-refractivity contribution in [2.45, 2.75) is 70.1 Å². The van der Waals surface area contributed by atoms with Crippen LogP contribution in [0.1, 0.15) is 0 Å². The van der Waals surface area contributed by atoms with Crippen LogP contribution in [-0.2, 0) is 42.9 Å². The Morgan fingerprint density at radius 3 is 0.857 bits per heavy atom. The standard InChI is InChI=1S/C25H10F18O10S3/c26-20(27,28)17(21(29,30)31)51-54(45,46)12-5-11(44)7-1-2-9-13(55(47,48)52-18(22(32,33)34)23(35,36)37)6-14(10-4-3-8(12)15(7)16(9)10)56(49,50)53-19(24(38,39)40)25(41,42)43/h1-6,17-19,44H. The molecule has 0 atom stereocenters. The Morgan fingerprint density at radius 2 is 0.607 bits per heavy atom. The lowest BCUT2D eigenvalue weighted by Gasteiger charge is -2.25. The second-order valence-electron chi connectivity index (χ2n) is 10.9. The average molecular weight is 909 g/mol.